The Morgan fingerprint density at radius 2 is 1.22 bits per heavy atom. The molecule has 340 valence electrons. The van der Waals surface area contributed by atoms with Gasteiger partial charge in [0.25, 0.3) is 0 Å². The molecule has 18 heteroatoms. The van der Waals surface area contributed by atoms with Crippen molar-refractivity contribution in [2.75, 3.05) is 40.1 Å². The zero-order valence-electron chi connectivity index (χ0n) is 37.2. The number of likely N-dealkylation sites (tertiary alicyclic amines) is 2. The number of hydrogen-bond acceptors (Lipinski definition) is 10. The molecule has 4 amide bonds. The molecule has 2 aliphatic rings. The molecule has 0 bridgehead atoms. The third-order valence-electron chi connectivity index (χ3n) is 12.1. The molecule has 2 saturated heterocycles. The van der Waals surface area contributed by atoms with Crippen LogP contribution >= 0.6 is 0 Å². The second-order valence-corrected chi connectivity index (χ2v) is 19.2. The predicted octanol–water partition coefficient (Wildman–Crippen LogP) is 6.15. The third kappa shape index (κ3) is 10.2. The fourth-order valence-corrected chi connectivity index (χ4v) is 9.19. The normalized spacial score (nSPS) is 18.7. The van der Waals surface area contributed by atoms with Gasteiger partial charge in [0.05, 0.1) is 56.3 Å². The first-order valence-electron chi connectivity index (χ1n) is 21.5. The number of amides is 4. The summed E-state index contributed by atoms with van der Waals surface area (Å²) in [5, 5.41) is 7.48. The minimum atomic E-state index is -3.44. The summed E-state index contributed by atoms with van der Waals surface area (Å²) >= 11 is 0. The number of imidazole rings is 2. The highest BCUT2D eigenvalue weighted by molar-refractivity contribution is 7.88. The number of benzene rings is 3. The molecule has 5 aromatic rings. The smallest absolute Gasteiger partial charge is 0.407 e. The molecule has 0 spiro atoms. The Hall–Kier alpha value is -6.27. The molecule has 2 aliphatic heterocycles. The fourth-order valence-electron chi connectivity index (χ4n) is 8.65. The van der Waals surface area contributed by atoms with Gasteiger partial charge in [-0.15, -0.1) is 0 Å². The van der Waals surface area contributed by atoms with E-state index in [1.807, 2.05) is 52.0 Å². The Morgan fingerprint density at radius 1 is 0.719 bits per heavy atom. The number of carbonyl (C=O) groups is 4. The summed E-state index contributed by atoms with van der Waals surface area (Å²) in [5.41, 5.74) is 5.54. The number of fused-ring (bicyclic) bond motifs is 1. The van der Waals surface area contributed by atoms with E-state index in [0.29, 0.717) is 24.6 Å². The minimum Gasteiger partial charge on any atom is -0.453 e. The van der Waals surface area contributed by atoms with E-state index < -0.39 is 40.3 Å². The highest BCUT2D eigenvalue weighted by atomic mass is 32.2. The topological polar surface area (TPSA) is 221 Å². The van der Waals surface area contributed by atoms with Gasteiger partial charge in [-0.2, -0.15) is 0 Å². The number of carbonyl (C=O) groups excluding carboxylic acids is 4. The number of ether oxygens (including phenoxy) is 2. The summed E-state index contributed by atoms with van der Waals surface area (Å²) in [6, 6.07) is 18.4. The van der Waals surface area contributed by atoms with Crippen LogP contribution in [0.15, 0.2) is 73.1 Å². The number of hydrogen-bond donors (Lipinski definition) is 5. The Labute approximate surface area is 373 Å². The van der Waals surface area contributed by atoms with Crippen molar-refractivity contribution < 1.29 is 37.1 Å². The maximum absolute atomic E-state index is 14.0. The highest BCUT2D eigenvalue weighted by Crippen LogP contribution is 2.37. The number of aromatic nitrogens is 4. The second kappa shape index (κ2) is 19.2. The number of nitrogens with one attached hydrogen (secondary N) is 5. The molecule has 7 rings (SSSR count). The molecule has 17 nitrogen and oxygen atoms in total. The van der Waals surface area contributed by atoms with Crippen LogP contribution in [0.25, 0.3) is 44.4 Å². The Kier molecular flexibility index (Phi) is 13.7. The van der Waals surface area contributed by atoms with Gasteiger partial charge in [-0.25, -0.2) is 32.7 Å². The summed E-state index contributed by atoms with van der Waals surface area (Å²) in [6.45, 7) is 8.48. The monoisotopic (exact) mass is 895 g/mol. The zero-order valence-corrected chi connectivity index (χ0v) is 38.0. The molecular weight excluding hydrogens is 839 g/mol. The van der Waals surface area contributed by atoms with Gasteiger partial charge in [0.1, 0.15) is 23.7 Å². The fraction of sp³-hybridized carbons (Fsp3) is 0.435. The average molecular weight is 896 g/mol. The van der Waals surface area contributed by atoms with Crippen LogP contribution < -0.4 is 15.4 Å². The summed E-state index contributed by atoms with van der Waals surface area (Å²) in [7, 11) is -0.919. The van der Waals surface area contributed by atoms with Crippen LogP contribution in [0, 0.1) is 17.8 Å². The van der Waals surface area contributed by atoms with E-state index in [1.165, 1.54) is 14.2 Å². The first-order chi connectivity index (χ1) is 30.5. The lowest BCUT2D eigenvalue weighted by Crippen LogP contribution is -2.51. The highest BCUT2D eigenvalue weighted by Gasteiger charge is 2.42. The number of rotatable bonds is 14. The summed E-state index contributed by atoms with van der Waals surface area (Å²) in [5.74, 6) is 0.285. The van der Waals surface area contributed by atoms with E-state index in [2.05, 4.69) is 61.7 Å². The van der Waals surface area contributed by atoms with E-state index >= 15 is 0 Å². The number of aromatic amines is 2. The first kappa shape index (κ1) is 45.7. The molecular formula is C46H57N9O8S. The molecule has 0 aliphatic carbocycles. The summed E-state index contributed by atoms with van der Waals surface area (Å²) < 4.78 is 36.0. The van der Waals surface area contributed by atoms with E-state index in [0.717, 1.165) is 63.5 Å². The van der Waals surface area contributed by atoms with Crippen molar-refractivity contribution >= 4 is 44.8 Å². The van der Waals surface area contributed by atoms with Gasteiger partial charge in [-0.3, -0.25) is 9.59 Å². The number of nitrogens with zero attached hydrogens (tertiary/aromatic N) is 4. The van der Waals surface area contributed by atoms with Gasteiger partial charge in [-0.05, 0) is 76.6 Å². The molecule has 4 heterocycles. The van der Waals surface area contributed by atoms with E-state index in [1.54, 1.807) is 22.2 Å². The van der Waals surface area contributed by atoms with Crippen molar-refractivity contribution in [2.24, 2.45) is 17.8 Å². The molecule has 0 radical (unpaired) electrons. The molecule has 5 atom stereocenters. The Bertz CT molecular complexity index is 2610. The largest absolute Gasteiger partial charge is 0.453 e. The molecule has 64 heavy (non-hydrogen) atoms. The quantitative estimate of drug-likeness (QED) is 0.0856. The van der Waals surface area contributed by atoms with E-state index in [9.17, 15) is 27.6 Å². The Balaban J connectivity index is 1.05. The van der Waals surface area contributed by atoms with Crippen molar-refractivity contribution in [3.63, 3.8) is 0 Å². The number of methoxy groups -OCH3 is 2. The van der Waals surface area contributed by atoms with Crippen LogP contribution in [0.1, 0.15) is 70.7 Å². The lowest BCUT2D eigenvalue weighted by Gasteiger charge is -2.30. The van der Waals surface area contributed by atoms with Gasteiger partial charge in [0, 0.05) is 25.2 Å². The lowest BCUT2D eigenvalue weighted by atomic mass is 9.98. The van der Waals surface area contributed by atoms with Crippen LogP contribution in [0.4, 0.5) is 9.59 Å². The van der Waals surface area contributed by atoms with E-state index in [-0.39, 0.29) is 48.7 Å². The molecule has 0 unspecified atom stereocenters. The lowest BCUT2D eigenvalue weighted by molar-refractivity contribution is -0.136. The number of sulfonamides is 1. The molecule has 2 aromatic heterocycles. The van der Waals surface area contributed by atoms with Crippen LogP contribution in [-0.4, -0.2) is 114 Å². The zero-order chi connectivity index (χ0) is 45.9. The van der Waals surface area contributed by atoms with Gasteiger partial charge in [0.2, 0.25) is 21.8 Å². The van der Waals surface area contributed by atoms with Gasteiger partial charge in [-0.1, -0.05) is 76.2 Å². The van der Waals surface area contributed by atoms with Crippen molar-refractivity contribution in [3.8, 4) is 33.6 Å². The summed E-state index contributed by atoms with van der Waals surface area (Å²) in [6.07, 6.45) is 5.35. The summed E-state index contributed by atoms with van der Waals surface area (Å²) in [4.78, 5) is 71.5. The van der Waals surface area contributed by atoms with Crippen LogP contribution in [0.3, 0.4) is 0 Å². The minimum absolute atomic E-state index is 0.121. The van der Waals surface area contributed by atoms with Crippen molar-refractivity contribution in [2.45, 2.75) is 71.1 Å². The SMILES string of the molecule is COC(=O)N[C@H](C(=O)N1CCC[C@H]1c1ncc(-c2ccc3cc(-c4ccc(-c5cnc([C@@H]6C[C@H](CNS(C)(=O)=O)CN6C(=O)[C@@H](NC(=O)OC)C(C)C)[nH]5)cc4)ccc3c2)[nH]1)C(C)C. The molecule has 3 aromatic carbocycles. The standard InChI is InChI=1S/C46H57N9O8S/c1-26(2)39(52-45(58)62-5)43(56)54-18-8-9-37(54)41-47-24-36(51-41)34-17-16-32-20-31(14-15-33(32)21-34)29-10-12-30(13-11-29)35-23-48-42(50-35)38-19-28(22-49-64(7,60)61)25-55(38)44(57)40(27(3)4)53-46(59)63-6/h10-17,20-21,23-24,26-28,37-40,49H,8-9,18-19,22,25H2,1-7H3,(H,47,51)(H,48,50)(H,52,58)(H,53,59)/t28-,37+,38+,39+,40+/m1/s1. The van der Waals surface area contributed by atoms with Crippen LogP contribution in [0.2, 0.25) is 0 Å². The van der Waals surface area contributed by atoms with Gasteiger partial charge >= 0.3 is 12.2 Å². The first-order valence-corrected chi connectivity index (χ1v) is 23.4. The third-order valence-corrected chi connectivity index (χ3v) is 12.8. The van der Waals surface area contributed by atoms with Gasteiger partial charge in [0.15, 0.2) is 0 Å². The number of H-pyrrole nitrogens is 2. The average Bonchev–Trinajstić information content (AvgIpc) is 4.12. The van der Waals surface area contributed by atoms with Crippen LogP contribution in [0.5, 0.6) is 0 Å². The predicted molar refractivity (Wildman–Crippen MR) is 242 cm³/mol. The molecule has 2 fully saturated rings. The van der Waals surface area contributed by atoms with Crippen molar-refractivity contribution in [3.05, 3.63) is 84.7 Å². The Morgan fingerprint density at radius 3 is 1.78 bits per heavy atom. The van der Waals surface area contributed by atoms with Crippen LogP contribution in [-0.2, 0) is 29.1 Å². The maximum atomic E-state index is 14.0. The maximum Gasteiger partial charge on any atom is 0.407 e. The van der Waals surface area contributed by atoms with E-state index in [4.69, 9.17) is 19.4 Å². The molecule has 5 N–H and O–H groups in total. The molecule has 0 saturated carbocycles. The van der Waals surface area contributed by atoms with Gasteiger partial charge < -0.3 is 39.9 Å². The van der Waals surface area contributed by atoms with Crippen molar-refractivity contribution in [1.29, 1.82) is 0 Å². The second-order valence-electron chi connectivity index (χ2n) is 17.4. The van der Waals surface area contributed by atoms with Crippen molar-refractivity contribution in [1.82, 2.24) is 45.1 Å². The number of alkyl carbamates (subject to hydrolysis) is 2.